The van der Waals surface area contributed by atoms with Crippen LogP contribution < -0.4 is 11.1 Å². The summed E-state index contributed by atoms with van der Waals surface area (Å²) in [5.74, 6) is 0. The fraction of sp³-hybridized carbons (Fsp3) is 0.800. The van der Waals surface area contributed by atoms with Crippen molar-refractivity contribution in [2.24, 2.45) is 5.73 Å². The van der Waals surface area contributed by atoms with Crippen LogP contribution in [-0.4, -0.2) is 25.8 Å². The number of rotatable bonds is 4. The van der Waals surface area contributed by atoms with Gasteiger partial charge in [-0.1, -0.05) is 0 Å². The molecule has 0 saturated carbocycles. The minimum atomic E-state index is -0.483. The summed E-state index contributed by atoms with van der Waals surface area (Å²) in [6.45, 7) is 0.537. The van der Waals surface area contributed by atoms with Gasteiger partial charge in [0.2, 0.25) is 0 Å². The Morgan fingerprint density at radius 1 is 1.90 bits per heavy atom. The second kappa shape index (κ2) is 5.91. The number of ether oxygens (including phenoxy) is 1. The van der Waals surface area contributed by atoms with E-state index < -0.39 is 6.03 Å². The van der Waals surface area contributed by atoms with Gasteiger partial charge in [0.25, 0.3) is 0 Å². The van der Waals surface area contributed by atoms with Gasteiger partial charge in [-0.3, -0.25) is 0 Å². The van der Waals surface area contributed by atoms with Gasteiger partial charge < -0.3 is 0 Å². The number of nitrogens with one attached hydrogen (secondary N) is 1. The molecule has 0 aromatic rings. The molecule has 0 aromatic heterocycles. The van der Waals surface area contributed by atoms with Crippen molar-refractivity contribution in [3.8, 4) is 0 Å². The van der Waals surface area contributed by atoms with Crippen LogP contribution in [0.15, 0.2) is 0 Å². The van der Waals surface area contributed by atoms with Crippen molar-refractivity contribution >= 4 is 6.03 Å². The number of amides is 2. The molecule has 1 atom stereocenters. The average molecular weight is 332 g/mol. The zero-order valence-corrected chi connectivity index (χ0v) is 11.6. The third-order valence-electron chi connectivity index (χ3n) is 1.16. The van der Waals surface area contributed by atoms with Crippen molar-refractivity contribution in [3.05, 3.63) is 0 Å². The van der Waals surface area contributed by atoms with Gasteiger partial charge in [0.05, 0.1) is 0 Å². The van der Waals surface area contributed by atoms with E-state index in [9.17, 15) is 4.79 Å². The van der Waals surface area contributed by atoms with Gasteiger partial charge in [-0.25, -0.2) is 0 Å². The van der Waals surface area contributed by atoms with E-state index in [-0.39, 0.29) is 6.10 Å². The van der Waals surface area contributed by atoms with Gasteiger partial charge in [-0.05, 0) is 0 Å². The summed E-state index contributed by atoms with van der Waals surface area (Å²) in [5.41, 5.74) is 4.86. The maximum absolute atomic E-state index is 10.2. The molecule has 0 aromatic carbocycles. The van der Waals surface area contributed by atoms with Crippen LogP contribution in [0.2, 0.25) is 3.93 Å². The van der Waals surface area contributed by atoms with E-state index in [1.54, 1.807) is 7.11 Å². The summed E-state index contributed by atoms with van der Waals surface area (Å²) in [5, 5.41) is 2.49. The molecule has 0 aliphatic carbocycles. The van der Waals surface area contributed by atoms with E-state index >= 15 is 0 Å². The molecule has 0 unspecified atom stereocenters. The Labute approximate surface area is 76.5 Å². The molecule has 3 N–H and O–H groups in total. The predicted molar refractivity (Wildman–Crippen MR) is 33.2 cm³/mol. The zero-order valence-electron chi connectivity index (χ0n) is 6.09. The van der Waals surface area contributed by atoms with Crippen molar-refractivity contribution in [1.82, 2.24) is 5.32 Å². The van der Waals surface area contributed by atoms with Crippen LogP contribution in [0.1, 0.15) is 0 Å². The summed E-state index contributed by atoms with van der Waals surface area (Å²) in [6, 6.07) is -0.483. The van der Waals surface area contributed by atoms with Gasteiger partial charge in [-0.2, -0.15) is 0 Å². The normalized spacial score (nSPS) is 12.7. The fourth-order valence-electron chi connectivity index (χ4n) is 0.518. The molecule has 0 aliphatic rings. The van der Waals surface area contributed by atoms with Crippen LogP contribution in [0.4, 0.5) is 4.79 Å². The van der Waals surface area contributed by atoms with Crippen molar-refractivity contribution < 1.29 is 35.7 Å². The summed E-state index contributed by atoms with van der Waals surface area (Å²) in [7, 11) is 1.64. The molecular weight excluding hydrogens is 321 g/mol. The third-order valence-corrected chi connectivity index (χ3v) is 3.66. The van der Waals surface area contributed by atoms with E-state index in [0.717, 1.165) is 3.93 Å². The Balaban J connectivity index is 3.34. The molecule has 54 valence electrons. The van der Waals surface area contributed by atoms with E-state index in [2.05, 4.69) is 5.32 Å². The number of hydrogen-bond donors (Lipinski definition) is 2. The average Bonchev–Trinajstić information content (AvgIpc) is 1.90. The van der Waals surface area contributed by atoms with E-state index in [4.69, 9.17) is 10.5 Å². The SMILES string of the molecule is CO[C@@H]([CH2][Hg+])CNC(N)=O. The van der Waals surface area contributed by atoms with Crippen molar-refractivity contribution in [1.29, 1.82) is 0 Å². The fourth-order valence-corrected chi connectivity index (χ4v) is 2.23. The first-order valence-electron chi connectivity index (χ1n) is 3.06. The first-order chi connectivity index (χ1) is 4.70. The first-order valence-corrected chi connectivity index (χ1v) is 6.94. The Morgan fingerprint density at radius 3 is 2.80 bits per heavy atom. The van der Waals surface area contributed by atoms with E-state index in [1.165, 1.54) is 0 Å². The molecule has 0 fully saturated rings. The molecule has 4 nitrogen and oxygen atoms in total. The molecule has 0 aliphatic heterocycles. The van der Waals surface area contributed by atoms with Crippen molar-refractivity contribution in [3.63, 3.8) is 0 Å². The predicted octanol–water partition coefficient (Wildman–Crippen LogP) is -0.365. The van der Waals surface area contributed by atoms with Gasteiger partial charge in [0.15, 0.2) is 0 Å². The zero-order chi connectivity index (χ0) is 7.98. The molecule has 0 saturated heterocycles. The van der Waals surface area contributed by atoms with E-state index in [0.29, 0.717) is 32.7 Å². The number of hydrogen-bond acceptors (Lipinski definition) is 2. The Bertz CT molecular complexity index is 106. The van der Waals surface area contributed by atoms with Gasteiger partial charge >= 0.3 is 76.4 Å². The van der Waals surface area contributed by atoms with Gasteiger partial charge in [-0.15, -0.1) is 0 Å². The second-order valence-electron chi connectivity index (χ2n) is 1.89. The van der Waals surface area contributed by atoms with Crippen LogP contribution in [0.5, 0.6) is 0 Å². The standard InChI is InChI=1S/C5H11N2O2.Hg/c1-4(9-2)3-7-5(6)8;/h4H,1,3H2,2H3,(H3,6,7,8);/q;+1/t4-;/m0./s1. The second-order valence-corrected chi connectivity index (χ2v) is 4.14. The monoisotopic (exact) mass is 333 g/mol. The minimum absolute atomic E-state index is 0.163. The topological polar surface area (TPSA) is 64.3 Å². The van der Waals surface area contributed by atoms with Crippen LogP contribution in [0.25, 0.3) is 0 Å². The first kappa shape index (κ1) is 10.2. The van der Waals surface area contributed by atoms with Crippen LogP contribution in [0, 0.1) is 0 Å². The van der Waals surface area contributed by atoms with Gasteiger partial charge in [0.1, 0.15) is 0 Å². The molecular formula is C5H11HgN2O2+. The molecule has 2 amide bonds. The Morgan fingerprint density at radius 2 is 2.50 bits per heavy atom. The van der Waals surface area contributed by atoms with Crippen molar-refractivity contribution in [2.75, 3.05) is 13.7 Å². The number of carbonyl (C=O) groups excluding carboxylic acids is 1. The number of carbonyl (C=O) groups is 1. The maximum atomic E-state index is 10.2. The molecule has 0 radical (unpaired) electrons. The summed E-state index contributed by atoms with van der Waals surface area (Å²) in [6.07, 6.45) is 0.163. The Kier molecular flexibility index (Phi) is 6.01. The number of methoxy groups -OCH3 is 1. The summed E-state index contributed by atoms with van der Waals surface area (Å²) >= 11 is 0.712. The summed E-state index contributed by atoms with van der Waals surface area (Å²) < 4.78 is 6.09. The van der Waals surface area contributed by atoms with E-state index in [1.807, 2.05) is 0 Å². The van der Waals surface area contributed by atoms with Crippen LogP contribution >= 0.6 is 0 Å². The van der Waals surface area contributed by atoms with Crippen LogP contribution in [-0.2, 0) is 30.9 Å². The summed E-state index contributed by atoms with van der Waals surface area (Å²) in [4.78, 5) is 10.2. The molecule has 10 heavy (non-hydrogen) atoms. The molecule has 0 bridgehead atoms. The third kappa shape index (κ3) is 4.99. The van der Waals surface area contributed by atoms with Crippen molar-refractivity contribution in [2.45, 2.75) is 10.0 Å². The molecule has 0 heterocycles. The quantitative estimate of drug-likeness (QED) is 0.691. The molecule has 0 spiro atoms. The number of urea groups is 1. The van der Waals surface area contributed by atoms with Gasteiger partial charge in [0, 0.05) is 0 Å². The number of primary amides is 1. The number of nitrogens with two attached hydrogens (primary N) is 1. The van der Waals surface area contributed by atoms with Crippen LogP contribution in [0.3, 0.4) is 0 Å². The molecule has 5 heteroatoms. The Hall–Kier alpha value is 0.165. The molecule has 0 rings (SSSR count).